The van der Waals surface area contributed by atoms with Crippen molar-refractivity contribution in [2.45, 2.75) is 43.5 Å². The largest absolute Gasteiger partial charge is 0.479 e. The van der Waals surface area contributed by atoms with Crippen molar-refractivity contribution in [1.82, 2.24) is 10.4 Å². The number of aliphatic hydroxyl groups excluding tert-OH is 3. The molecule has 0 aromatic heterocycles. The number of carbonyl (C=O) groups is 2. The molecule has 0 spiro atoms. The Morgan fingerprint density at radius 3 is 2.76 bits per heavy atom. The number of hydrazine groups is 1. The van der Waals surface area contributed by atoms with Crippen LogP contribution in [0.4, 0.5) is 4.39 Å². The SMILES string of the molecule is O=C1N=C(N2CCCCN2)S/C1=C\c1ccc(F)cc1OC1OC(C(=O)O)C(O)C(O)C1O. The fourth-order valence-corrected chi connectivity index (χ4v) is 4.42. The lowest BCUT2D eigenvalue weighted by Gasteiger charge is -2.38. The Balaban J connectivity index is 1.56. The Morgan fingerprint density at radius 2 is 2.06 bits per heavy atom. The average Bonchev–Trinajstić information content (AvgIpc) is 3.16. The van der Waals surface area contributed by atoms with E-state index in [1.807, 2.05) is 0 Å². The van der Waals surface area contributed by atoms with Gasteiger partial charge in [-0.2, -0.15) is 4.99 Å². The highest BCUT2D eigenvalue weighted by Crippen LogP contribution is 2.34. The van der Waals surface area contributed by atoms with Gasteiger partial charge in [0.2, 0.25) is 6.29 Å². The molecule has 5 unspecified atom stereocenters. The highest BCUT2D eigenvalue weighted by molar-refractivity contribution is 8.18. The monoisotopic (exact) mass is 483 g/mol. The van der Waals surface area contributed by atoms with Crippen LogP contribution in [-0.2, 0) is 14.3 Å². The summed E-state index contributed by atoms with van der Waals surface area (Å²) in [5.41, 5.74) is 3.39. The Hall–Kier alpha value is -2.55. The molecule has 5 atom stereocenters. The van der Waals surface area contributed by atoms with Gasteiger partial charge in [0.1, 0.15) is 29.9 Å². The highest BCUT2D eigenvalue weighted by Gasteiger charge is 2.48. The van der Waals surface area contributed by atoms with Gasteiger partial charge >= 0.3 is 5.97 Å². The van der Waals surface area contributed by atoms with E-state index in [9.17, 15) is 34.4 Å². The molecule has 3 heterocycles. The van der Waals surface area contributed by atoms with E-state index < -0.39 is 48.4 Å². The minimum Gasteiger partial charge on any atom is -0.479 e. The van der Waals surface area contributed by atoms with Crippen LogP contribution in [0, 0.1) is 5.82 Å². The maximum atomic E-state index is 13.9. The van der Waals surface area contributed by atoms with E-state index in [1.54, 1.807) is 5.01 Å². The lowest BCUT2D eigenvalue weighted by Crippen LogP contribution is -2.61. The molecule has 2 fully saturated rings. The first-order chi connectivity index (χ1) is 15.7. The number of benzene rings is 1. The average molecular weight is 483 g/mol. The number of amides is 1. The van der Waals surface area contributed by atoms with Gasteiger partial charge in [0.05, 0.1) is 4.91 Å². The molecule has 4 rings (SSSR count). The van der Waals surface area contributed by atoms with E-state index in [2.05, 4.69) is 10.4 Å². The van der Waals surface area contributed by atoms with Crippen LogP contribution in [-0.4, -0.2) is 86.3 Å². The molecule has 0 saturated carbocycles. The van der Waals surface area contributed by atoms with Gasteiger partial charge in [0, 0.05) is 24.7 Å². The number of thioether (sulfide) groups is 1. The summed E-state index contributed by atoms with van der Waals surface area (Å²) in [6, 6.07) is 3.43. The van der Waals surface area contributed by atoms with Crippen LogP contribution >= 0.6 is 11.8 Å². The minimum absolute atomic E-state index is 0.169. The van der Waals surface area contributed by atoms with Gasteiger partial charge in [0.15, 0.2) is 11.3 Å². The molecule has 11 nitrogen and oxygen atoms in total. The fourth-order valence-electron chi connectivity index (χ4n) is 3.51. The summed E-state index contributed by atoms with van der Waals surface area (Å²) in [4.78, 5) is 28.0. The Labute approximate surface area is 191 Å². The minimum atomic E-state index is -1.89. The molecule has 1 aromatic carbocycles. The second kappa shape index (κ2) is 9.75. The van der Waals surface area contributed by atoms with Gasteiger partial charge in [0.25, 0.3) is 5.91 Å². The van der Waals surface area contributed by atoms with Crippen LogP contribution in [0.15, 0.2) is 28.1 Å². The molecule has 1 amide bonds. The summed E-state index contributed by atoms with van der Waals surface area (Å²) in [6.45, 7) is 1.47. The summed E-state index contributed by atoms with van der Waals surface area (Å²) in [5.74, 6) is -2.94. The predicted octanol–water partition coefficient (Wildman–Crippen LogP) is -0.333. The molecular weight excluding hydrogens is 461 g/mol. The molecule has 1 aromatic rings. The van der Waals surface area contributed by atoms with Crippen LogP contribution in [0.25, 0.3) is 6.08 Å². The van der Waals surface area contributed by atoms with Crippen LogP contribution in [0.2, 0.25) is 0 Å². The molecule has 0 aliphatic carbocycles. The first kappa shape index (κ1) is 23.6. The third-order valence-electron chi connectivity index (χ3n) is 5.27. The number of aliphatic carboxylic acids is 1. The van der Waals surface area contributed by atoms with E-state index in [1.165, 1.54) is 12.1 Å². The van der Waals surface area contributed by atoms with Crippen LogP contribution in [0.1, 0.15) is 18.4 Å². The summed E-state index contributed by atoms with van der Waals surface area (Å²) in [6.07, 6.45) is -5.77. The van der Waals surface area contributed by atoms with Gasteiger partial charge in [-0.05, 0) is 42.8 Å². The standard InChI is InChI=1S/C20H22FN3O8S/c21-10-4-3-9(7-12-17(28)23-20(33-12)24-6-2-1-5-22-24)11(8-10)31-19-15(27)13(25)14(26)16(32-19)18(29)30/h3-4,7-8,13-16,19,22,25-27H,1-2,5-6H2,(H,29,30)/b12-7-. The normalized spacial score (nSPS) is 31.6. The number of carboxylic acids is 1. The quantitative estimate of drug-likeness (QED) is 0.357. The zero-order chi connectivity index (χ0) is 23.7. The van der Waals surface area contributed by atoms with Crippen molar-refractivity contribution in [3.8, 4) is 5.75 Å². The van der Waals surface area contributed by atoms with Crippen molar-refractivity contribution in [2.75, 3.05) is 13.1 Å². The zero-order valence-corrected chi connectivity index (χ0v) is 17.9. The predicted molar refractivity (Wildman–Crippen MR) is 113 cm³/mol. The van der Waals surface area contributed by atoms with E-state index in [0.29, 0.717) is 11.7 Å². The first-order valence-electron chi connectivity index (χ1n) is 10.2. The number of carbonyl (C=O) groups excluding carboxylic acids is 1. The molecule has 5 N–H and O–H groups in total. The van der Waals surface area contributed by atoms with Crippen molar-refractivity contribution >= 4 is 34.9 Å². The van der Waals surface area contributed by atoms with Crippen molar-refractivity contribution in [3.63, 3.8) is 0 Å². The molecule has 2 saturated heterocycles. The van der Waals surface area contributed by atoms with Gasteiger partial charge in [-0.15, -0.1) is 0 Å². The number of carboxylic acid groups (broad SMARTS) is 1. The number of hydrogen-bond donors (Lipinski definition) is 5. The number of aliphatic imine (C=N–C) groups is 1. The molecule has 3 aliphatic heterocycles. The van der Waals surface area contributed by atoms with E-state index >= 15 is 0 Å². The lowest BCUT2D eigenvalue weighted by atomic mass is 9.99. The molecule has 13 heteroatoms. The van der Waals surface area contributed by atoms with Gasteiger partial charge in [-0.25, -0.2) is 14.6 Å². The molecular formula is C20H22FN3O8S. The van der Waals surface area contributed by atoms with E-state index in [-0.39, 0.29) is 16.2 Å². The van der Waals surface area contributed by atoms with Gasteiger partial charge in [-0.3, -0.25) is 9.80 Å². The van der Waals surface area contributed by atoms with E-state index in [4.69, 9.17) is 9.47 Å². The lowest BCUT2D eigenvalue weighted by molar-refractivity contribution is -0.271. The third-order valence-corrected chi connectivity index (χ3v) is 6.28. The molecule has 3 aliphatic rings. The maximum absolute atomic E-state index is 13.9. The van der Waals surface area contributed by atoms with Crippen molar-refractivity contribution in [1.29, 1.82) is 0 Å². The van der Waals surface area contributed by atoms with Crippen LogP contribution < -0.4 is 10.2 Å². The number of nitrogens with one attached hydrogen (secondary N) is 1. The molecule has 0 bridgehead atoms. The smallest absolute Gasteiger partial charge is 0.335 e. The number of halogens is 1. The zero-order valence-electron chi connectivity index (χ0n) is 17.1. The van der Waals surface area contributed by atoms with Crippen molar-refractivity contribution in [2.24, 2.45) is 4.99 Å². The number of hydrogen-bond acceptors (Lipinski definition) is 10. The third kappa shape index (κ3) is 5.03. The number of ether oxygens (including phenoxy) is 2. The Kier molecular flexibility index (Phi) is 6.97. The Bertz CT molecular complexity index is 1000. The second-order valence-electron chi connectivity index (χ2n) is 7.61. The summed E-state index contributed by atoms with van der Waals surface area (Å²) in [5, 5.41) is 41.4. The molecule has 33 heavy (non-hydrogen) atoms. The molecule has 0 radical (unpaired) electrons. The molecule has 178 valence electrons. The first-order valence-corrected chi connectivity index (χ1v) is 11.0. The number of amidine groups is 1. The van der Waals surface area contributed by atoms with Gasteiger partial charge in [-0.1, -0.05) is 0 Å². The second-order valence-corrected chi connectivity index (χ2v) is 8.62. The summed E-state index contributed by atoms with van der Waals surface area (Å²) >= 11 is 1.13. The van der Waals surface area contributed by atoms with Crippen molar-refractivity contribution in [3.05, 3.63) is 34.5 Å². The number of aliphatic hydroxyl groups is 3. The fraction of sp³-hybridized carbons (Fsp3) is 0.450. The van der Waals surface area contributed by atoms with Crippen LogP contribution in [0.5, 0.6) is 5.75 Å². The van der Waals surface area contributed by atoms with E-state index in [0.717, 1.165) is 43.3 Å². The van der Waals surface area contributed by atoms with Crippen LogP contribution in [0.3, 0.4) is 0 Å². The highest BCUT2D eigenvalue weighted by atomic mass is 32.2. The maximum Gasteiger partial charge on any atom is 0.335 e. The summed E-state index contributed by atoms with van der Waals surface area (Å²) in [7, 11) is 0. The Morgan fingerprint density at radius 1 is 1.27 bits per heavy atom. The summed E-state index contributed by atoms with van der Waals surface area (Å²) < 4.78 is 24.5. The number of rotatable bonds is 4. The van der Waals surface area contributed by atoms with Crippen molar-refractivity contribution < 1.29 is 43.9 Å². The topological polar surface area (TPSA) is 161 Å². The van der Waals surface area contributed by atoms with Gasteiger partial charge < -0.3 is 29.9 Å². The number of nitrogens with zero attached hydrogens (tertiary/aromatic N) is 2.